The lowest BCUT2D eigenvalue weighted by Gasteiger charge is -2.32. The molecular formula is C21H13ClF6NO5-. The molecule has 0 aliphatic heterocycles. The molecular weight excluding hydrogens is 496 g/mol. The van der Waals surface area contributed by atoms with Crippen LogP contribution in [0.3, 0.4) is 0 Å². The van der Waals surface area contributed by atoms with Crippen LogP contribution < -0.4 is 9.84 Å². The lowest BCUT2D eigenvalue weighted by molar-refractivity contribution is -0.376. The SMILES string of the molecule is Cc1oc(-c2cccc(C(=O)[O-])c2)nc1COc1ccc(C(O)(C(F)(F)F)C(F)(F)F)cc1Cl. The van der Waals surface area contributed by atoms with E-state index in [9.17, 15) is 41.4 Å². The summed E-state index contributed by atoms with van der Waals surface area (Å²) in [6, 6.07) is 7.01. The molecule has 0 saturated heterocycles. The van der Waals surface area contributed by atoms with Gasteiger partial charge < -0.3 is 24.2 Å². The normalized spacial score (nSPS) is 12.6. The molecule has 0 amide bonds. The first-order chi connectivity index (χ1) is 15.6. The number of carboxylic acid groups (broad SMARTS) is 1. The van der Waals surface area contributed by atoms with E-state index in [0.717, 1.165) is 6.07 Å². The smallest absolute Gasteiger partial charge is 0.430 e. The number of carbonyl (C=O) groups excluding carboxylic acids is 1. The molecule has 0 unspecified atom stereocenters. The van der Waals surface area contributed by atoms with Crippen molar-refractivity contribution in [3.63, 3.8) is 0 Å². The van der Waals surface area contributed by atoms with Gasteiger partial charge in [-0.2, -0.15) is 26.3 Å². The lowest BCUT2D eigenvalue weighted by Crippen LogP contribution is -2.53. The number of hydrogen-bond acceptors (Lipinski definition) is 6. The second kappa shape index (κ2) is 8.84. The zero-order chi connectivity index (χ0) is 25.5. The molecule has 0 fully saturated rings. The van der Waals surface area contributed by atoms with Crippen LogP contribution in [-0.2, 0) is 12.2 Å². The Morgan fingerprint density at radius 3 is 2.32 bits per heavy atom. The number of carbonyl (C=O) groups is 1. The Labute approximate surface area is 192 Å². The molecule has 13 heteroatoms. The highest BCUT2D eigenvalue weighted by molar-refractivity contribution is 6.32. The van der Waals surface area contributed by atoms with Gasteiger partial charge in [-0.3, -0.25) is 0 Å². The van der Waals surface area contributed by atoms with E-state index in [2.05, 4.69) is 4.98 Å². The van der Waals surface area contributed by atoms with Crippen molar-refractivity contribution in [3.8, 4) is 17.2 Å². The molecule has 1 aromatic heterocycles. The fraction of sp³-hybridized carbons (Fsp3) is 0.238. The van der Waals surface area contributed by atoms with Crippen molar-refractivity contribution in [3.05, 3.63) is 70.1 Å². The van der Waals surface area contributed by atoms with Gasteiger partial charge in [-0.1, -0.05) is 29.8 Å². The minimum Gasteiger partial charge on any atom is -0.545 e. The van der Waals surface area contributed by atoms with Gasteiger partial charge in [0.2, 0.25) is 5.89 Å². The molecule has 182 valence electrons. The van der Waals surface area contributed by atoms with Crippen LogP contribution in [0.4, 0.5) is 26.3 Å². The topological polar surface area (TPSA) is 95.6 Å². The van der Waals surface area contributed by atoms with Crippen LogP contribution in [0.15, 0.2) is 46.9 Å². The average molecular weight is 509 g/mol. The summed E-state index contributed by atoms with van der Waals surface area (Å²) in [5.41, 5.74) is -6.25. The number of nitrogens with zero attached hydrogens (tertiary/aromatic N) is 1. The van der Waals surface area contributed by atoms with Gasteiger partial charge in [0.25, 0.3) is 5.60 Å². The largest absolute Gasteiger partial charge is 0.545 e. The molecule has 6 nitrogen and oxygen atoms in total. The number of ether oxygens (including phenoxy) is 1. The quantitative estimate of drug-likeness (QED) is 0.491. The Bertz CT molecular complexity index is 1210. The first-order valence-electron chi connectivity index (χ1n) is 9.22. The monoisotopic (exact) mass is 508 g/mol. The van der Waals surface area contributed by atoms with E-state index in [1.807, 2.05) is 0 Å². The van der Waals surface area contributed by atoms with E-state index in [-0.39, 0.29) is 35.3 Å². The third kappa shape index (κ3) is 4.68. The minimum atomic E-state index is -6.06. The third-order valence-electron chi connectivity index (χ3n) is 4.77. The molecule has 1 heterocycles. The second-order valence-electron chi connectivity index (χ2n) is 7.03. The molecule has 3 rings (SSSR count). The zero-order valence-electron chi connectivity index (χ0n) is 16.9. The number of carboxylic acids is 1. The predicted octanol–water partition coefficient (Wildman–Crippen LogP) is 4.56. The Hall–Kier alpha value is -3.25. The third-order valence-corrected chi connectivity index (χ3v) is 5.07. The molecule has 2 aromatic carbocycles. The Morgan fingerprint density at radius 2 is 1.76 bits per heavy atom. The number of aliphatic hydroxyl groups is 1. The van der Waals surface area contributed by atoms with E-state index in [1.165, 1.54) is 31.2 Å². The summed E-state index contributed by atoms with van der Waals surface area (Å²) in [4.78, 5) is 15.2. The number of aromatic carboxylic acids is 1. The van der Waals surface area contributed by atoms with E-state index in [4.69, 9.17) is 20.8 Å². The maximum Gasteiger partial charge on any atom is 0.430 e. The molecule has 0 aliphatic rings. The molecule has 0 bridgehead atoms. The number of oxazole rings is 1. The van der Waals surface area contributed by atoms with E-state index >= 15 is 0 Å². The molecule has 0 spiro atoms. The fourth-order valence-corrected chi connectivity index (χ4v) is 3.18. The number of hydrogen-bond donors (Lipinski definition) is 1. The highest BCUT2D eigenvalue weighted by Crippen LogP contribution is 2.50. The summed E-state index contributed by atoms with van der Waals surface area (Å²) >= 11 is 5.81. The number of aromatic nitrogens is 1. The second-order valence-corrected chi connectivity index (χ2v) is 7.44. The van der Waals surface area contributed by atoms with Crippen molar-refractivity contribution >= 4 is 17.6 Å². The average Bonchev–Trinajstić information content (AvgIpc) is 3.11. The van der Waals surface area contributed by atoms with Crippen LogP contribution in [0.2, 0.25) is 5.02 Å². The van der Waals surface area contributed by atoms with Crippen molar-refractivity contribution in [2.24, 2.45) is 0 Å². The Kier molecular flexibility index (Phi) is 6.60. The molecule has 0 radical (unpaired) electrons. The van der Waals surface area contributed by atoms with E-state index in [0.29, 0.717) is 17.7 Å². The highest BCUT2D eigenvalue weighted by Gasteiger charge is 2.71. The van der Waals surface area contributed by atoms with Gasteiger partial charge in [-0.25, -0.2) is 4.98 Å². The van der Waals surface area contributed by atoms with Gasteiger partial charge in [0, 0.05) is 11.1 Å². The summed E-state index contributed by atoms with van der Waals surface area (Å²) < 4.78 is 89.1. The van der Waals surface area contributed by atoms with Crippen LogP contribution in [0.5, 0.6) is 5.75 Å². The van der Waals surface area contributed by atoms with Crippen LogP contribution in [-0.4, -0.2) is 28.4 Å². The van der Waals surface area contributed by atoms with Crippen molar-refractivity contribution in [1.82, 2.24) is 4.98 Å². The summed E-state index contributed by atoms with van der Waals surface area (Å²) in [5.74, 6) is -1.39. The van der Waals surface area contributed by atoms with Crippen LogP contribution in [0.1, 0.15) is 27.4 Å². The molecule has 0 atom stereocenters. The molecule has 0 saturated carbocycles. The van der Waals surface area contributed by atoms with Gasteiger partial charge in [-0.05, 0) is 36.8 Å². The number of rotatable bonds is 6. The predicted molar refractivity (Wildman–Crippen MR) is 103 cm³/mol. The van der Waals surface area contributed by atoms with Gasteiger partial charge in [-0.15, -0.1) is 0 Å². The Balaban J connectivity index is 1.83. The Morgan fingerprint density at radius 1 is 1.12 bits per heavy atom. The number of aryl methyl sites for hydroxylation is 1. The first-order valence-corrected chi connectivity index (χ1v) is 9.59. The minimum absolute atomic E-state index is 0.0427. The zero-order valence-corrected chi connectivity index (χ0v) is 17.7. The number of halogens is 7. The van der Waals surface area contributed by atoms with Gasteiger partial charge in [0.1, 0.15) is 23.8 Å². The summed E-state index contributed by atoms with van der Waals surface area (Å²) in [6.45, 7) is 1.17. The first kappa shape index (κ1) is 25.4. The van der Waals surface area contributed by atoms with Gasteiger partial charge in [0.05, 0.1) is 11.0 Å². The maximum absolute atomic E-state index is 13.0. The maximum atomic E-state index is 13.0. The van der Waals surface area contributed by atoms with Crippen molar-refractivity contribution in [2.75, 3.05) is 0 Å². The summed E-state index contributed by atoms with van der Waals surface area (Å²) in [5, 5.41) is 19.9. The molecule has 3 aromatic rings. The van der Waals surface area contributed by atoms with Crippen molar-refractivity contribution in [1.29, 1.82) is 0 Å². The van der Waals surface area contributed by atoms with E-state index < -0.39 is 34.5 Å². The molecule has 0 aliphatic carbocycles. The highest BCUT2D eigenvalue weighted by atomic mass is 35.5. The fourth-order valence-electron chi connectivity index (χ4n) is 2.94. The van der Waals surface area contributed by atoms with Gasteiger partial charge in [0.15, 0.2) is 0 Å². The van der Waals surface area contributed by atoms with Crippen LogP contribution >= 0.6 is 11.6 Å². The number of alkyl halides is 6. The van der Waals surface area contributed by atoms with Crippen molar-refractivity contribution < 1.29 is 50.5 Å². The van der Waals surface area contributed by atoms with Crippen molar-refractivity contribution in [2.45, 2.75) is 31.5 Å². The van der Waals surface area contributed by atoms with Crippen LogP contribution in [0.25, 0.3) is 11.5 Å². The standard InChI is InChI=1S/C21H14ClF6NO5/c1-10-15(29-17(34-10)11-3-2-4-12(7-11)18(30)31)9-33-16-6-5-13(8-14(16)22)19(32,20(23,24)25)21(26,27)28/h2-8,32H,9H2,1H3,(H,30,31)/p-1. The van der Waals surface area contributed by atoms with Gasteiger partial charge >= 0.3 is 12.4 Å². The number of benzene rings is 2. The van der Waals surface area contributed by atoms with Crippen LogP contribution in [0, 0.1) is 6.92 Å². The van der Waals surface area contributed by atoms with E-state index in [1.54, 1.807) is 0 Å². The summed E-state index contributed by atoms with van der Waals surface area (Å²) in [6.07, 6.45) is -12.1. The lowest BCUT2D eigenvalue weighted by atomic mass is 9.92. The molecule has 1 N–H and O–H groups in total. The summed E-state index contributed by atoms with van der Waals surface area (Å²) in [7, 11) is 0. The molecule has 34 heavy (non-hydrogen) atoms.